The Morgan fingerprint density at radius 1 is 1.22 bits per heavy atom. The summed E-state index contributed by atoms with van der Waals surface area (Å²) in [4.78, 5) is 8.25. The SMILES string of the molecule is CCNc1cccc(CN(C)Cc2cccs2)n1. The number of anilines is 1. The van der Waals surface area contributed by atoms with Crippen molar-refractivity contribution in [2.24, 2.45) is 0 Å². The largest absolute Gasteiger partial charge is 0.370 e. The molecule has 0 fully saturated rings. The summed E-state index contributed by atoms with van der Waals surface area (Å²) in [5, 5.41) is 5.36. The van der Waals surface area contributed by atoms with E-state index in [1.54, 1.807) is 11.3 Å². The van der Waals surface area contributed by atoms with Crippen LogP contribution in [0.15, 0.2) is 35.7 Å². The van der Waals surface area contributed by atoms with Crippen LogP contribution in [0.25, 0.3) is 0 Å². The normalized spacial score (nSPS) is 10.8. The molecular weight excluding hydrogens is 242 g/mol. The number of aromatic nitrogens is 1. The summed E-state index contributed by atoms with van der Waals surface area (Å²) in [5.41, 5.74) is 1.10. The van der Waals surface area contributed by atoms with E-state index in [9.17, 15) is 0 Å². The van der Waals surface area contributed by atoms with Gasteiger partial charge in [0.2, 0.25) is 0 Å². The molecule has 2 heterocycles. The molecule has 3 nitrogen and oxygen atoms in total. The minimum atomic E-state index is 0.872. The van der Waals surface area contributed by atoms with E-state index in [0.717, 1.165) is 31.1 Å². The molecule has 1 N–H and O–H groups in total. The van der Waals surface area contributed by atoms with Crippen LogP contribution in [-0.2, 0) is 13.1 Å². The van der Waals surface area contributed by atoms with Gasteiger partial charge >= 0.3 is 0 Å². The fraction of sp³-hybridized carbons (Fsp3) is 0.357. The number of hydrogen-bond donors (Lipinski definition) is 1. The molecule has 18 heavy (non-hydrogen) atoms. The third kappa shape index (κ3) is 3.82. The highest BCUT2D eigenvalue weighted by molar-refractivity contribution is 7.09. The van der Waals surface area contributed by atoms with Crippen LogP contribution >= 0.6 is 11.3 Å². The smallest absolute Gasteiger partial charge is 0.126 e. The van der Waals surface area contributed by atoms with Crippen molar-refractivity contribution in [3.05, 3.63) is 46.3 Å². The predicted molar refractivity (Wildman–Crippen MR) is 77.9 cm³/mol. The Balaban J connectivity index is 1.93. The first-order valence-electron chi connectivity index (χ1n) is 6.18. The van der Waals surface area contributed by atoms with E-state index >= 15 is 0 Å². The number of hydrogen-bond acceptors (Lipinski definition) is 4. The van der Waals surface area contributed by atoms with Gasteiger partial charge in [0.05, 0.1) is 5.69 Å². The third-order valence-electron chi connectivity index (χ3n) is 2.60. The molecule has 0 spiro atoms. The molecular formula is C14H19N3S. The second-order valence-corrected chi connectivity index (χ2v) is 5.33. The zero-order valence-corrected chi connectivity index (χ0v) is 11.7. The highest BCUT2D eigenvalue weighted by atomic mass is 32.1. The van der Waals surface area contributed by atoms with Crippen molar-refractivity contribution in [1.29, 1.82) is 0 Å². The van der Waals surface area contributed by atoms with Gasteiger partial charge in [-0.15, -0.1) is 11.3 Å². The van der Waals surface area contributed by atoms with Crippen molar-refractivity contribution < 1.29 is 0 Å². The van der Waals surface area contributed by atoms with E-state index in [1.807, 2.05) is 6.07 Å². The standard InChI is InChI=1S/C14H19N3S/c1-3-15-14-8-4-6-12(16-14)10-17(2)11-13-7-5-9-18-13/h4-9H,3,10-11H2,1-2H3,(H,15,16). The zero-order valence-electron chi connectivity index (χ0n) is 10.9. The zero-order chi connectivity index (χ0) is 12.8. The predicted octanol–water partition coefficient (Wildman–Crippen LogP) is 3.21. The fourth-order valence-electron chi connectivity index (χ4n) is 1.85. The third-order valence-corrected chi connectivity index (χ3v) is 3.46. The van der Waals surface area contributed by atoms with Crippen molar-refractivity contribution in [3.8, 4) is 0 Å². The molecule has 0 atom stereocenters. The first-order chi connectivity index (χ1) is 8.78. The van der Waals surface area contributed by atoms with Crippen LogP contribution in [0.5, 0.6) is 0 Å². The lowest BCUT2D eigenvalue weighted by Crippen LogP contribution is -2.17. The van der Waals surface area contributed by atoms with Gasteiger partial charge in [0.1, 0.15) is 5.82 Å². The Hall–Kier alpha value is -1.39. The molecule has 0 unspecified atom stereocenters. The van der Waals surface area contributed by atoms with Crippen LogP contribution in [0.4, 0.5) is 5.82 Å². The maximum Gasteiger partial charge on any atom is 0.126 e. The van der Waals surface area contributed by atoms with Gasteiger partial charge in [-0.3, -0.25) is 4.90 Å². The second-order valence-electron chi connectivity index (χ2n) is 4.30. The Morgan fingerprint density at radius 2 is 2.11 bits per heavy atom. The molecule has 0 bridgehead atoms. The average molecular weight is 261 g/mol. The van der Waals surface area contributed by atoms with Crippen molar-refractivity contribution in [2.45, 2.75) is 20.0 Å². The molecule has 96 valence electrons. The van der Waals surface area contributed by atoms with Crippen LogP contribution in [0.2, 0.25) is 0 Å². The van der Waals surface area contributed by atoms with Crippen molar-refractivity contribution in [2.75, 3.05) is 18.9 Å². The molecule has 2 aromatic rings. The van der Waals surface area contributed by atoms with E-state index in [4.69, 9.17) is 0 Å². The van der Waals surface area contributed by atoms with Crippen molar-refractivity contribution in [3.63, 3.8) is 0 Å². The average Bonchev–Trinajstić information content (AvgIpc) is 2.82. The van der Waals surface area contributed by atoms with Gasteiger partial charge in [-0.2, -0.15) is 0 Å². The minimum absolute atomic E-state index is 0.872. The molecule has 0 aliphatic heterocycles. The molecule has 0 aliphatic carbocycles. The van der Waals surface area contributed by atoms with Gasteiger partial charge in [0.15, 0.2) is 0 Å². The lowest BCUT2D eigenvalue weighted by atomic mass is 10.3. The Labute approximate surface area is 112 Å². The molecule has 0 saturated carbocycles. The van der Waals surface area contributed by atoms with Gasteiger partial charge in [-0.05, 0) is 37.6 Å². The van der Waals surface area contributed by atoms with E-state index in [1.165, 1.54) is 4.88 Å². The summed E-state index contributed by atoms with van der Waals surface area (Å²) in [6.07, 6.45) is 0. The fourth-order valence-corrected chi connectivity index (χ4v) is 2.63. The summed E-state index contributed by atoms with van der Waals surface area (Å²) < 4.78 is 0. The lowest BCUT2D eigenvalue weighted by Gasteiger charge is -2.15. The van der Waals surface area contributed by atoms with E-state index in [0.29, 0.717) is 0 Å². The molecule has 0 amide bonds. The first kappa shape index (κ1) is 13.1. The molecule has 0 aromatic carbocycles. The van der Waals surface area contributed by atoms with E-state index in [2.05, 4.69) is 58.8 Å². The number of rotatable bonds is 6. The van der Waals surface area contributed by atoms with Crippen LogP contribution in [-0.4, -0.2) is 23.5 Å². The highest BCUT2D eigenvalue weighted by Gasteiger charge is 2.04. The topological polar surface area (TPSA) is 28.2 Å². The quantitative estimate of drug-likeness (QED) is 0.865. The Morgan fingerprint density at radius 3 is 2.83 bits per heavy atom. The monoisotopic (exact) mass is 261 g/mol. The first-order valence-corrected chi connectivity index (χ1v) is 7.06. The van der Waals surface area contributed by atoms with Crippen molar-refractivity contribution in [1.82, 2.24) is 9.88 Å². The molecule has 2 aromatic heterocycles. The van der Waals surface area contributed by atoms with E-state index in [-0.39, 0.29) is 0 Å². The summed E-state index contributed by atoms with van der Waals surface area (Å²) in [6.45, 7) is 4.83. The summed E-state index contributed by atoms with van der Waals surface area (Å²) in [5.74, 6) is 0.958. The Kier molecular flexibility index (Phi) is 4.73. The van der Waals surface area contributed by atoms with Crippen LogP contribution in [0.1, 0.15) is 17.5 Å². The Bertz CT molecular complexity index is 468. The molecule has 0 radical (unpaired) electrons. The maximum absolute atomic E-state index is 4.58. The molecule has 0 saturated heterocycles. The number of nitrogens with zero attached hydrogens (tertiary/aromatic N) is 2. The van der Waals surface area contributed by atoms with Gasteiger partial charge in [0, 0.05) is 24.5 Å². The second kappa shape index (κ2) is 6.52. The minimum Gasteiger partial charge on any atom is -0.370 e. The lowest BCUT2D eigenvalue weighted by molar-refractivity contribution is 0.318. The van der Waals surface area contributed by atoms with Crippen LogP contribution in [0, 0.1) is 0 Å². The number of pyridine rings is 1. The maximum atomic E-state index is 4.58. The highest BCUT2D eigenvalue weighted by Crippen LogP contribution is 2.13. The molecule has 0 aliphatic rings. The summed E-state index contributed by atoms with van der Waals surface area (Å²) in [6, 6.07) is 10.4. The van der Waals surface area contributed by atoms with Crippen LogP contribution < -0.4 is 5.32 Å². The molecule has 4 heteroatoms. The number of nitrogens with one attached hydrogen (secondary N) is 1. The number of thiophene rings is 1. The van der Waals surface area contributed by atoms with Gasteiger partial charge < -0.3 is 5.32 Å². The van der Waals surface area contributed by atoms with E-state index < -0.39 is 0 Å². The van der Waals surface area contributed by atoms with Gasteiger partial charge in [0.25, 0.3) is 0 Å². The van der Waals surface area contributed by atoms with Crippen LogP contribution in [0.3, 0.4) is 0 Å². The molecule has 2 rings (SSSR count). The van der Waals surface area contributed by atoms with Gasteiger partial charge in [-0.1, -0.05) is 12.1 Å². The summed E-state index contributed by atoms with van der Waals surface area (Å²) >= 11 is 1.80. The summed E-state index contributed by atoms with van der Waals surface area (Å²) in [7, 11) is 2.13. The van der Waals surface area contributed by atoms with Gasteiger partial charge in [-0.25, -0.2) is 4.98 Å². The van der Waals surface area contributed by atoms with Crippen molar-refractivity contribution >= 4 is 17.2 Å².